The lowest BCUT2D eigenvalue weighted by atomic mass is 9.71. The SMILES string of the molecule is CCN1CCC2(CC1)CC(=O)NC(=O)C2. The Morgan fingerprint density at radius 3 is 2.20 bits per heavy atom. The van der Waals surface area contributed by atoms with Crippen LogP contribution in [-0.4, -0.2) is 36.3 Å². The zero-order valence-electron chi connectivity index (χ0n) is 9.21. The molecule has 0 atom stereocenters. The van der Waals surface area contributed by atoms with Gasteiger partial charge in [0, 0.05) is 12.8 Å². The fourth-order valence-electron chi connectivity index (χ4n) is 2.68. The van der Waals surface area contributed by atoms with Gasteiger partial charge in [-0.05, 0) is 37.9 Å². The quantitative estimate of drug-likeness (QED) is 0.642. The van der Waals surface area contributed by atoms with Crippen molar-refractivity contribution in [2.75, 3.05) is 19.6 Å². The minimum atomic E-state index is -0.0869. The molecular formula is C11H18N2O2. The molecule has 2 rings (SSSR count). The fourth-order valence-corrected chi connectivity index (χ4v) is 2.68. The first-order valence-corrected chi connectivity index (χ1v) is 5.69. The van der Waals surface area contributed by atoms with Gasteiger partial charge in [0.15, 0.2) is 0 Å². The third-order valence-corrected chi connectivity index (χ3v) is 3.71. The van der Waals surface area contributed by atoms with Crippen LogP contribution >= 0.6 is 0 Å². The van der Waals surface area contributed by atoms with Crippen LogP contribution in [0.25, 0.3) is 0 Å². The first kappa shape index (κ1) is 10.6. The smallest absolute Gasteiger partial charge is 0.227 e. The van der Waals surface area contributed by atoms with Crippen molar-refractivity contribution in [2.45, 2.75) is 32.6 Å². The van der Waals surface area contributed by atoms with E-state index >= 15 is 0 Å². The zero-order valence-corrected chi connectivity index (χ0v) is 9.21. The summed E-state index contributed by atoms with van der Waals surface area (Å²) in [7, 11) is 0. The summed E-state index contributed by atoms with van der Waals surface area (Å²) in [5.41, 5.74) is -0.0227. The second-order valence-electron chi connectivity index (χ2n) is 4.76. The van der Waals surface area contributed by atoms with E-state index in [0.29, 0.717) is 12.8 Å². The standard InChI is InChI=1S/C11H18N2O2/c1-2-13-5-3-11(4-6-13)7-9(14)12-10(15)8-11/h2-8H2,1H3,(H,12,14,15). The van der Waals surface area contributed by atoms with Crippen molar-refractivity contribution in [1.29, 1.82) is 0 Å². The van der Waals surface area contributed by atoms with E-state index in [4.69, 9.17) is 0 Å². The highest BCUT2D eigenvalue weighted by molar-refractivity contribution is 5.98. The summed E-state index contributed by atoms with van der Waals surface area (Å²) in [6, 6.07) is 0. The van der Waals surface area contributed by atoms with Gasteiger partial charge in [-0.15, -0.1) is 0 Å². The number of hydrogen-bond donors (Lipinski definition) is 1. The van der Waals surface area contributed by atoms with Gasteiger partial charge in [-0.2, -0.15) is 0 Å². The van der Waals surface area contributed by atoms with E-state index in [2.05, 4.69) is 17.1 Å². The molecule has 1 N–H and O–H groups in total. The van der Waals surface area contributed by atoms with E-state index in [-0.39, 0.29) is 17.2 Å². The molecule has 2 aliphatic rings. The maximum atomic E-state index is 11.4. The van der Waals surface area contributed by atoms with E-state index in [1.54, 1.807) is 0 Å². The Hall–Kier alpha value is -0.900. The van der Waals surface area contributed by atoms with Crippen LogP contribution in [0.3, 0.4) is 0 Å². The highest BCUT2D eigenvalue weighted by Crippen LogP contribution is 2.40. The molecule has 0 aromatic heterocycles. The number of hydrogen-bond acceptors (Lipinski definition) is 3. The molecule has 0 aromatic rings. The summed E-state index contributed by atoms with van der Waals surface area (Å²) in [6.45, 7) is 5.26. The Morgan fingerprint density at radius 2 is 1.73 bits per heavy atom. The Kier molecular flexibility index (Phi) is 2.78. The monoisotopic (exact) mass is 210 g/mol. The third kappa shape index (κ3) is 2.20. The third-order valence-electron chi connectivity index (χ3n) is 3.71. The van der Waals surface area contributed by atoms with Crippen LogP contribution in [0.2, 0.25) is 0 Å². The van der Waals surface area contributed by atoms with Gasteiger partial charge < -0.3 is 4.90 Å². The van der Waals surface area contributed by atoms with Crippen LogP contribution < -0.4 is 5.32 Å². The van der Waals surface area contributed by atoms with Gasteiger partial charge in [-0.3, -0.25) is 14.9 Å². The van der Waals surface area contributed by atoms with Gasteiger partial charge >= 0.3 is 0 Å². The molecule has 15 heavy (non-hydrogen) atoms. The van der Waals surface area contributed by atoms with Crippen molar-refractivity contribution in [3.05, 3.63) is 0 Å². The molecule has 0 unspecified atom stereocenters. The Morgan fingerprint density at radius 1 is 1.20 bits per heavy atom. The van der Waals surface area contributed by atoms with Gasteiger partial charge in [0.05, 0.1) is 0 Å². The predicted octanol–water partition coefficient (Wildman–Crippen LogP) is 0.525. The summed E-state index contributed by atoms with van der Waals surface area (Å²) in [4.78, 5) is 25.1. The van der Waals surface area contributed by atoms with Gasteiger partial charge in [0.2, 0.25) is 11.8 Å². The van der Waals surface area contributed by atoms with E-state index < -0.39 is 0 Å². The molecule has 0 aromatic carbocycles. The van der Waals surface area contributed by atoms with Gasteiger partial charge in [0.25, 0.3) is 0 Å². The summed E-state index contributed by atoms with van der Waals surface area (Å²) in [5, 5.41) is 2.38. The number of piperidine rings is 2. The Balaban J connectivity index is 2.02. The summed E-state index contributed by atoms with van der Waals surface area (Å²) >= 11 is 0. The maximum absolute atomic E-state index is 11.4. The molecule has 2 saturated heterocycles. The second kappa shape index (κ2) is 3.93. The summed E-state index contributed by atoms with van der Waals surface area (Å²) < 4.78 is 0. The van der Waals surface area contributed by atoms with Crippen LogP contribution in [0.4, 0.5) is 0 Å². The summed E-state index contributed by atoms with van der Waals surface area (Å²) in [6.07, 6.45) is 3.05. The maximum Gasteiger partial charge on any atom is 0.227 e. The average molecular weight is 210 g/mol. The number of carbonyl (C=O) groups excluding carboxylic acids is 2. The molecule has 0 radical (unpaired) electrons. The van der Waals surface area contributed by atoms with Crippen molar-refractivity contribution < 1.29 is 9.59 Å². The van der Waals surface area contributed by atoms with E-state index in [9.17, 15) is 9.59 Å². The van der Waals surface area contributed by atoms with Gasteiger partial charge in [-0.25, -0.2) is 0 Å². The van der Waals surface area contributed by atoms with Crippen molar-refractivity contribution in [2.24, 2.45) is 5.41 Å². The number of carbonyl (C=O) groups is 2. The number of rotatable bonds is 1. The van der Waals surface area contributed by atoms with Crippen LogP contribution in [0.5, 0.6) is 0 Å². The van der Waals surface area contributed by atoms with Crippen molar-refractivity contribution in [3.8, 4) is 0 Å². The Labute approximate surface area is 90.0 Å². The zero-order chi connectivity index (χ0) is 10.9. The van der Waals surface area contributed by atoms with E-state index in [1.165, 1.54) is 0 Å². The lowest BCUT2D eigenvalue weighted by Crippen LogP contribution is -2.49. The molecule has 2 fully saturated rings. The normalized spacial score (nSPS) is 26.7. The molecule has 0 bridgehead atoms. The fraction of sp³-hybridized carbons (Fsp3) is 0.818. The van der Waals surface area contributed by atoms with Crippen LogP contribution in [0, 0.1) is 5.41 Å². The molecule has 1 spiro atoms. The number of amides is 2. The molecule has 2 amide bonds. The molecule has 2 aliphatic heterocycles. The van der Waals surface area contributed by atoms with Gasteiger partial charge in [-0.1, -0.05) is 6.92 Å². The van der Waals surface area contributed by atoms with E-state index in [1.807, 2.05) is 0 Å². The lowest BCUT2D eigenvalue weighted by molar-refractivity contribution is -0.139. The topological polar surface area (TPSA) is 49.4 Å². The van der Waals surface area contributed by atoms with Crippen LogP contribution in [0.1, 0.15) is 32.6 Å². The van der Waals surface area contributed by atoms with Crippen LogP contribution in [-0.2, 0) is 9.59 Å². The highest BCUT2D eigenvalue weighted by Gasteiger charge is 2.41. The largest absolute Gasteiger partial charge is 0.304 e. The van der Waals surface area contributed by atoms with Crippen molar-refractivity contribution in [3.63, 3.8) is 0 Å². The predicted molar refractivity (Wildman–Crippen MR) is 56.2 cm³/mol. The summed E-state index contributed by atoms with van der Waals surface area (Å²) in [5.74, 6) is -0.174. The number of likely N-dealkylation sites (tertiary alicyclic amines) is 1. The minimum Gasteiger partial charge on any atom is -0.304 e. The number of nitrogens with one attached hydrogen (secondary N) is 1. The highest BCUT2D eigenvalue weighted by atomic mass is 16.2. The van der Waals surface area contributed by atoms with Crippen LogP contribution in [0.15, 0.2) is 0 Å². The molecule has 0 aliphatic carbocycles. The molecule has 2 heterocycles. The Bertz CT molecular complexity index is 262. The van der Waals surface area contributed by atoms with Crippen molar-refractivity contribution in [1.82, 2.24) is 10.2 Å². The molecule has 4 nitrogen and oxygen atoms in total. The average Bonchev–Trinajstić information content (AvgIpc) is 2.17. The van der Waals surface area contributed by atoms with Crippen molar-refractivity contribution >= 4 is 11.8 Å². The lowest BCUT2D eigenvalue weighted by Gasteiger charge is -2.42. The molecule has 84 valence electrons. The number of nitrogens with zero attached hydrogens (tertiary/aromatic N) is 1. The first-order valence-electron chi connectivity index (χ1n) is 5.69. The number of imide groups is 1. The molecule has 4 heteroatoms. The second-order valence-corrected chi connectivity index (χ2v) is 4.76. The van der Waals surface area contributed by atoms with Gasteiger partial charge in [0.1, 0.15) is 0 Å². The minimum absolute atomic E-state index is 0.0227. The molecular weight excluding hydrogens is 192 g/mol. The van der Waals surface area contributed by atoms with E-state index in [0.717, 1.165) is 32.5 Å². The molecule has 0 saturated carbocycles. The first-order chi connectivity index (χ1) is 7.13.